The first kappa shape index (κ1) is 13.6. The Kier molecular flexibility index (Phi) is 4.36. The van der Waals surface area contributed by atoms with Gasteiger partial charge in [0.25, 0.3) is 0 Å². The summed E-state index contributed by atoms with van der Waals surface area (Å²) in [6, 6.07) is 10.7. The summed E-state index contributed by atoms with van der Waals surface area (Å²) in [4.78, 5) is 2.55. The van der Waals surface area contributed by atoms with Crippen LogP contribution in [-0.2, 0) is 6.54 Å². The Balaban J connectivity index is 1.72. The van der Waals surface area contributed by atoms with Gasteiger partial charge in [-0.2, -0.15) is 0 Å². The van der Waals surface area contributed by atoms with Crippen molar-refractivity contribution >= 4 is 5.71 Å². The number of nitrogens with zero attached hydrogens (tertiary/aromatic N) is 2. The molecule has 3 rings (SSSR count). The van der Waals surface area contributed by atoms with Gasteiger partial charge in [-0.15, -0.1) is 0 Å². The van der Waals surface area contributed by atoms with Crippen molar-refractivity contribution in [3.8, 4) is 0 Å². The van der Waals surface area contributed by atoms with Crippen LogP contribution >= 0.6 is 0 Å². The molecule has 0 spiro atoms. The van der Waals surface area contributed by atoms with E-state index in [0.717, 1.165) is 25.3 Å². The highest BCUT2D eigenvalue weighted by Crippen LogP contribution is 2.31. The number of benzene rings is 1. The topological polar surface area (TPSA) is 35.8 Å². The van der Waals surface area contributed by atoms with E-state index in [1.807, 2.05) is 0 Å². The molecular weight excluding hydrogens is 248 g/mol. The molecule has 1 aliphatic carbocycles. The minimum atomic E-state index is 0.461. The lowest BCUT2D eigenvalue weighted by atomic mass is 9.78. The van der Waals surface area contributed by atoms with Crippen LogP contribution in [0.4, 0.5) is 0 Å². The Morgan fingerprint density at radius 1 is 1.00 bits per heavy atom. The molecule has 1 aromatic rings. The monoisotopic (exact) mass is 272 g/mol. The second kappa shape index (κ2) is 6.40. The van der Waals surface area contributed by atoms with Gasteiger partial charge in [-0.1, -0.05) is 54.8 Å². The second-order valence-corrected chi connectivity index (χ2v) is 6.24. The maximum atomic E-state index is 9.36. The van der Waals surface area contributed by atoms with Crippen LogP contribution in [0.15, 0.2) is 35.5 Å². The summed E-state index contributed by atoms with van der Waals surface area (Å²) in [5.41, 5.74) is 2.46. The average Bonchev–Trinajstić information content (AvgIpc) is 2.47. The van der Waals surface area contributed by atoms with Gasteiger partial charge >= 0.3 is 0 Å². The minimum absolute atomic E-state index is 0.461. The molecule has 0 aromatic heterocycles. The van der Waals surface area contributed by atoms with E-state index in [-0.39, 0.29) is 0 Å². The summed E-state index contributed by atoms with van der Waals surface area (Å²) in [5, 5.41) is 13.0. The fourth-order valence-electron chi connectivity index (χ4n) is 3.79. The summed E-state index contributed by atoms with van der Waals surface area (Å²) < 4.78 is 0. The molecule has 2 unspecified atom stereocenters. The number of piperidine rings is 1. The Hall–Kier alpha value is -1.35. The van der Waals surface area contributed by atoms with Crippen molar-refractivity contribution in [1.29, 1.82) is 0 Å². The van der Waals surface area contributed by atoms with Crippen LogP contribution in [0.3, 0.4) is 0 Å². The highest BCUT2D eigenvalue weighted by molar-refractivity contribution is 5.89. The molecule has 1 aromatic carbocycles. The molecule has 0 radical (unpaired) electrons. The van der Waals surface area contributed by atoms with Crippen LogP contribution in [0.5, 0.6) is 0 Å². The van der Waals surface area contributed by atoms with Gasteiger partial charge in [-0.05, 0) is 18.4 Å². The van der Waals surface area contributed by atoms with E-state index in [1.165, 1.54) is 37.7 Å². The molecule has 1 saturated carbocycles. The molecule has 1 N–H and O–H groups in total. The van der Waals surface area contributed by atoms with Gasteiger partial charge < -0.3 is 5.21 Å². The van der Waals surface area contributed by atoms with E-state index in [1.54, 1.807) is 0 Å². The third-order valence-electron chi connectivity index (χ3n) is 4.76. The van der Waals surface area contributed by atoms with Crippen molar-refractivity contribution < 1.29 is 5.21 Å². The first-order chi connectivity index (χ1) is 9.86. The fraction of sp³-hybridized carbons (Fsp3) is 0.588. The average molecular weight is 272 g/mol. The van der Waals surface area contributed by atoms with Crippen LogP contribution < -0.4 is 0 Å². The van der Waals surface area contributed by atoms with Crippen molar-refractivity contribution in [1.82, 2.24) is 4.90 Å². The third-order valence-corrected chi connectivity index (χ3v) is 4.76. The molecule has 1 heterocycles. The molecule has 3 nitrogen and oxygen atoms in total. The number of hydrogen-bond acceptors (Lipinski definition) is 3. The maximum Gasteiger partial charge on any atom is 0.0657 e. The molecular formula is C17H24N2O. The van der Waals surface area contributed by atoms with Crippen molar-refractivity contribution in [2.45, 2.75) is 38.6 Å². The number of hydrogen-bond donors (Lipinski definition) is 1. The molecule has 20 heavy (non-hydrogen) atoms. The molecule has 3 heteroatoms. The quantitative estimate of drug-likeness (QED) is 0.660. The fourth-order valence-corrected chi connectivity index (χ4v) is 3.79. The Morgan fingerprint density at radius 2 is 1.65 bits per heavy atom. The van der Waals surface area contributed by atoms with Crippen molar-refractivity contribution in [3.05, 3.63) is 35.9 Å². The number of fused-ring (bicyclic) bond motifs is 2. The van der Waals surface area contributed by atoms with Crippen LogP contribution in [0.1, 0.15) is 37.7 Å². The largest absolute Gasteiger partial charge is 0.411 e. The molecule has 0 amide bonds. The smallest absolute Gasteiger partial charge is 0.0657 e. The Labute approximate surface area is 121 Å². The van der Waals surface area contributed by atoms with Crippen molar-refractivity contribution in [2.24, 2.45) is 17.0 Å². The molecule has 1 aliphatic heterocycles. The lowest BCUT2D eigenvalue weighted by molar-refractivity contribution is 0.174. The summed E-state index contributed by atoms with van der Waals surface area (Å²) in [6.07, 6.45) is 6.25. The number of rotatable bonds is 2. The SMILES string of the molecule is ON=C1C2CCCCCC1CN(Cc1ccccc1)C2. The van der Waals surface area contributed by atoms with Gasteiger partial charge in [0.05, 0.1) is 5.71 Å². The van der Waals surface area contributed by atoms with E-state index < -0.39 is 0 Å². The van der Waals surface area contributed by atoms with E-state index in [2.05, 4.69) is 40.4 Å². The van der Waals surface area contributed by atoms with E-state index >= 15 is 0 Å². The molecule has 1 saturated heterocycles. The predicted octanol–water partition coefficient (Wildman–Crippen LogP) is 3.53. The second-order valence-electron chi connectivity index (χ2n) is 6.24. The van der Waals surface area contributed by atoms with Crippen LogP contribution in [0.2, 0.25) is 0 Å². The summed E-state index contributed by atoms with van der Waals surface area (Å²) >= 11 is 0. The molecule has 2 fully saturated rings. The molecule has 2 aliphatic rings. The Morgan fingerprint density at radius 3 is 2.25 bits per heavy atom. The molecule has 2 atom stereocenters. The summed E-state index contributed by atoms with van der Waals surface area (Å²) in [7, 11) is 0. The first-order valence-electron chi connectivity index (χ1n) is 7.85. The van der Waals surface area contributed by atoms with Gasteiger partial charge in [0.2, 0.25) is 0 Å². The van der Waals surface area contributed by atoms with Gasteiger partial charge in [-0.25, -0.2) is 0 Å². The van der Waals surface area contributed by atoms with Crippen LogP contribution in [0, 0.1) is 11.8 Å². The zero-order chi connectivity index (χ0) is 13.8. The maximum absolute atomic E-state index is 9.36. The highest BCUT2D eigenvalue weighted by atomic mass is 16.4. The third kappa shape index (κ3) is 3.04. The minimum Gasteiger partial charge on any atom is -0.411 e. The van der Waals surface area contributed by atoms with Crippen LogP contribution in [-0.4, -0.2) is 28.9 Å². The highest BCUT2D eigenvalue weighted by Gasteiger charge is 2.34. The number of likely N-dealkylation sites (tertiary alicyclic amines) is 1. The Bertz CT molecular complexity index is 439. The van der Waals surface area contributed by atoms with Gasteiger partial charge in [-0.3, -0.25) is 4.90 Å². The number of oxime groups is 1. The van der Waals surface area contributed by atoms with Crippen LogP contribution in [0.25, 0.3) is 0 Å². The molecule has 2 bridgehead atoms. The lowest BCUT2D eigenvalue weighted by Crippen LogP contribution is -2.47. The molecule has 108 valence electrons. The van der Waals surface area contributed by atoms with Crippen molar-refractivity contribution in [3.63, 3.8) is 0 Å². The van der Waals surface area contributed by atoms with E-state index in [9.17, 15) is 5.21 Å². The summed E-state index contributed by atoms with van der Waals surface area (Å²) in [5.74, 6) is 0.922. The van der Waals surface area contributed by atoms with Crippen molar-refractivity contribution in [2.75, 3.05) is 13.1 Å². The summed E-state index contributed by atoms with van der Waals surface area (Å²) in [6.45, 7) is 3.11. The normalized spacial score (nSPS) is 27.7. The van der Waals surface area contributed by atoms with Gasteiger partial charge in [0, 0.05) is 31.5 Å². The van der Waals surface area contributed by atoms with E-state index in [0.29, 0.717) is 11.8 Å². The van der Waals surface area contributed by atoms with E-state index in [4.69, 9.17) is 0 Å². The predicted molar refractivity (Wildman–Crippen MR) is 81.0 cm³/mol. The van der Waals surface area contributed by atoms with Gasteiger partial charge in [0.15, 0.2) is 0 Å². The lowest BCUT2D eigenvalue weighted by Gasteiger charge is -2.39. The zero-order valence-electron chi connectivity index (χ0n) is 12.0. The first-order valence-corrected chi connectivity index (χ1v) is 7.85. The zero-order valence-corrected chi connectivity index (χ0v) is 12.0. The van der Waals surface area contributed by atoms with Gasteiger partial charge in [0.1, 0.15) is 0 Å². The standard InChI is InChI=1S/C17H24N2O/c20-18-17-15-9-5-2-6-10-16(17)13-19(12-15)11-14-7-3-1-4-8-14/h1,3-4,7-8,15-16,20H,2,5-6,9-13H2.